The zero-order chi connectivity index (χ0) is 14.8. The largest absolute Gasteiger partial charge is 0.507 e. The van der Waals surface area contributed by atoms with Gasteiger partial charge < -0.3 is 15.3 Å². The minimum atomic E-state index is -0.226. The minimum Gasteiger partial charge on any atom is -0.507 e. The third-order valence-electron chi connectivity index (χ3n) is 4.06. The summed E-state index contributed by atoms with van der Waals surface area (Å²) >= 11 is 0. The van der Waals surface area contributed by atoms with Crippen LogP contribution >= 0.6 is 0 Å². The number of rotatable bonds is 4. The molecule has 0 saturated heterocycles. The van der Waals surface area contributed by atoms with E-state index in [4.69, 9.17) is 0 Å². The van der Waals surface area contributed by atoms with E-state index in [-0.39, 0.29) is 24.4 Å². The zero-order valence-electron chi connectivity index (χ0n) is 12.0. The Morgan fingerprint density at radius 2 is 1.65 bits per heavy atom. The Kier molecular flexibility index (Phi) is 4.31. The van der Waals surface area contributed by atoms with Crippen LogP contribution in [0.4, 0.5) is 0 Å². The number of aliphatic hydroxyl groups is 2. The molecule has 3 N–H and O–H groups in total. The molecule has 0 amide bonds. The molecular formula is C17H22O3. The van der Waals surface area contributed by atoms with Gasteiger partial charge >= 0.3 is 0 Å². The number of hydrogen-bond donors (Lipinski definition) is 3. The van der Waals surface area contributed by atoms with E-state index in [1.54, 1.807) is 0 Å². The number of aliphatic hydroxyl groups excluding tert-OH is 2. The van der Waals surface area contributed by atoms with Crippen LogP contribution in [0.1, 0.15) is 30.5 Å². The summed E-state index contributed by atoms with van der Waals surface area (Å²) in [5, 5.41) is 28.5. The molecule has 1 aromatic carbocycles. The van der Waals surface area contributed by atoms with Crippen molar-refractivity contribution in [1.82, 2.24) is 0 Å². The summed E-state index contributed by atoms with van der Waals surface area (Å²) in [5.74, 6) is 0.354. The molecule has 1 aromatic rings. The highest BCUT2D eigenvalue weighted by Gasteiger charge is 2.26. The Morgan fingerprint density at radius 1 is 1.05 bits per heavy atom. The molecule has 1 atom stereocenters. The maximum Gasteiger partial charge on any atom is 0.126 e. The van der Waals surface area contributed by atoms with Crippen LogP contribution in [0.3, 0.4) is 0 Å². The molecule has 0 radical (unpaired) electrons. The van der Waals surface area contributed by atoms with Crippen LogP contribution in [-0.4, -0.2) is 15.3 Å². The van der Waals surface area contributed by atoms with Gasteiger partial charge in [-0.15, -0.1) is 0 Å². The van der Waals surface area contributed by atoms with E-state index in [1.807, 2.05) is 12.1 Å². The van der Waals surface area contributed by atoms with E-state index in [0.29, 0.717) is 17.0 Å². The maximum atomic E-state index is 9.88. The Balaban J connectivity index is 2.30. The molecule has 0 heterocycles. The molecule has 0 aliphatic heterocycles. The Bertz CT molecular complexity index is 516. The van der Waals surface area contributed by atoms with Gasteiger partial charge in [0.15, 0.2) is 0 Å². The smallest absolute Gasteiger partial charge is 0.126 e. The first-order valence-electron chi connectivity index (χ1n) is 6.89. The minimum absolute atomic E-state index is 0.00269. The van der Waals surface area contributed by atoms with E-state index in [0.717, 1.165) is 12.0 Å². The van der Waals surface area contributed by atoms with E-state index in [1.165, 1.54) is 0 Å². The van der Waals surface area contributed by atoms with Crippen LogP contribution in [0.15, 0.2) is 36.4 Å². The molecule has 3 nitrogen and oxygen atoms in total. The third kappa shape index (κ3) is 2.94. The van der Waals surface area contributed by atoms with Crippen LogP contribution < -0.4 is 0 Å². The quantitative estimate of drug-likeness (QED) is 0.791. The highest BCUT2D eigenvalue weighted by atomic mass is 16.3. The second-order valence-electron chi connectivity index (χ2n) is 5.95. The summed E-state index contributed by atoms with van der Waals surface area (Å²) in [6, 6.07) is 3.63. The van der Waals surface area contributed by atoms with Crippen molar-refractivity contribution >= 4 is 0 Å². The van der Waals surface area contributed by atoms with Crippen molar-refractivity contribution in [3.05, 3.63) is 53.1 Å². The Hall–Kier alpha value is -1.58. The molecule has 1 unspecified atom stereocenters. The van der Waals surface area contributed by atoms with Crippen molar-refractivity contribution in [3.8, 4) is 5.75 Å². The number of benzene rings is 1. The lowest BCUT2D eigenvalue weighted by Crippen LogP contribution is -2.23. The second-order valence-corrected chi connectivity index (χ2v) is 5.95. The molecule has 1 aliphatic rings. The monoisotopic (exact) mass is 274 g/mol. The number of allylic oxidation sites excluding steroid dienone is 4. The summed E-state index contributed by atoms with van der Waals surface area (Å²) in [6.45, 7) is 3.93. The van der Waals surface area contributed by atoms with E-state index in [2.05, 4.69) is 38.2 Å². The van der Waals surface area contributed by atoms with Crippen molar-refractivity contribution in [2.24, 2.45) is 11.3 Å². The number of hydrogen-bond acceptors (Lipinski definition) is 3. The predicted molar refractivity (Wildman–Crippen MR) is 79.2 cm³/mol. The molecular weight excluding hydrogens is 252 g/mol. The summed E-state index contributed by atoms with van der Waals surface area (Å²) in [4.78, 5) is 0. The summed E-state index contributed by atoms with van der Waals surface area (Å²) in [5.41, 5.74) is 2.04. The van der Waals surface area contributed by atoms with Crippen LogP contribution in [0.5, 0.6) is 5.75 Å². The molecule has 0 fully saturated rings. The normalized spacial score (nSPS) is 20.3. The summed E-state index contributed by atoms with van der Waals surface area (Å²) in [7, 11) is 0. The molecule has 20 heavy (non-hydrogen) atoms. The van der Waals surface area contributed by atoms with Gasteiger partial charge in [-0.25, -0.2) is 0 Å². The summed E-state index contributed by atoms with van der Waals surface area (Å²) in [6.07, 6.45) is 9.30. The van der Waals surface area contributed by atoms with Gasteiger partial charge in [-0.3, -0.25) is 0 Å². The van der Waals surface area contributed by atoms with Crippen LogP contribution in [0.2, 0.25) is 0 Å². The first kappa shape index (κ1) is 14.8. The molecule has 1 aliphatic carbocycles. The average Bonchev–Trinajstić information content (AvgIpc) is 2.42. The molecule has 0 spiro atoms. The number of phenols is 1. The topological polar surface area (TPSA) is 60.7 Å². The van der Waals surface area contributed by atoms with Gasteiger partial charge in [-0.2, -0.15) is 0 Å². The standard InChI is InChI=1S/C17H22O3/c1-17(2)6-4-3-5-15(17)9-12-7-13(10-18)16(20)14(8-12)11-19/h3-8,15,18-20H,9-11H2,1-2H3. The maximum absolute atomic E-state index is 9.88. The SMILES string of the molecule is CC1(C)C=CC=CC1Cc1cc(CO)c(O)c(CO)c1. The van der Waals surface area contributed by atoms with Crippen LogP contribution in [0, 0.1) is 11.3 Å². The van der Waals surface area contributed by atoms with Gasteiger partial charge in [0.05, 0.1) is 13.2 Å². The fraction of sp³-hybridized carbons (Fsp3) is 0.412. The fourth-order valence-corrected chi connectivity index (χ4v) is 2.65. The lowest BCUT2D eigenvalue weighted by Gasteiger charge is -2.31. The Labute approximate surface area is 119 Å². The van der Waals surface area contributed by atoms with Crippen molar-refractivity contribution in [1.29, 1.82) is 0 Å². The van der Waals surface area contributed by atoms with Gasteiger partial charge in [0.25, 0.3) is 0 Å². The molecule has 0 bridgehead atoms. The number of aromatic hydroxyl groups is 1. The first-order valence-corrected chi connectivity index (χ1v) is 6.89. The van der Waals surface area contributed by atoms with Gasteiger partial charge in [0.1, 0.15) is 5.75 Å². The van der Waals surface area contributed by atoms with E-state index in [9.17, 15) is 15.3 Å². The van der Waals surface area contributed by atoms with Crippen LogP contribution in [-0.2, 0) is 19.6 Å². The zero-order valence-corrected chi connectivity index (χ0v) is 12.0. The van der Waals surface area contributed by atoms with Crippen molar-refractivity contribution in [2.45, 2.75) is 33.5 Å². The first-order chi connectivity index (χ1) is 9.47. The van der Waals surface area contributed by atoms with Crippen molar-refractivity contribution in [2.75, 3.05) is 0 Å². The van der Waals surface area contributed by atoms with E-state index >= 15 is 0 Å². The van der Waals surface area contributed by atoms with Gasteiger partial charge in [-0.1, -0.05) is 38.2 Å². The van der Waals surface area contributed by atoms with Crippen molar-refractivity contribution in [3.63, 3.8) is 0 Å². The van der Waals surface area contributed by atoms with Gasteiger partial charge in [-0.05, 0) is 35.4 Å². The molecule has 3 heteroatoms. The van der Waals surface area contributed by atoms with Gasteiger partial charge in [0, 0.05) is 11.1 Å². The fourth-order valence-electron chi connectivity index (χ4n) is 2.65. The predicted octanol–water partition coefficient (Wildman–Crippen LogP) is 2.69. The highest BCUT2D eigenvalue weighted by molar-refractivity contribution is 5.43. The Morgan fingerprint density at radius 3 is 2.15 bits per heavy atom. The van der Waals surface area contributed by atoms with Crippen LogP contribution in [0.25, 0.3) is 0 Å². The third-order valence-corrected chi connectivity index (χ3v) is 4.06. The highest BCUT2D eigenvalue weighted by Crippen LogP contribution is 2.36. The summed E-state index contributed by atoms with van der Waals surface area (Å²) < 4.78 is 0. The molecule has 2 rings (SSSR count). The van der Waals surface area contributed by atoms with Gasteiger partial charge in [0.2, 0.25) is 0 Å². The molecule has 108 valence electrons. The second kappa shape index (κ2) is 5.81. The molecule has 0 aromatic heterocycles. The van der Waals surface area contributed by atoms with Crippen molar-refractivity contribution < 1.29 is 15.3 Å². The lowest BCUT2D eigenvalue weighted by atomic mass is 9.73. The van der Waals surface area contributed by atoms with E-state index < -0.39 is 0 Å². The average molecular weight is 274 g/mol. The molecule has 0 saturated carbocycles. The lowest BCUT2D eigenvalue weighted by molar-refractivity contribution is 0.263.